The zero-order chi connectivity index (χ0) is 24.8. The average molecular weight is 531 g/mol. The number of carbonyl (C=O) groups is 2. The molecule has 35 heavy (non-hydrogen) atoms. The van der Waals surface area contributed by atoms with Gasteiger partial charge in [0.25, 0.3) is 5.91 Å². The minimum Gasteiger partial charge on any atom is -0.368 e. The van der Waals surface area contributed by atoms with E-state index in [0.29, 0.717) is 53.2 Å². The highest BCUT2D eigenvalue weighted by Gasteiger charge is 2.28. The van der Waals surface area contributed by atoms with E-state index in [1.165, 1.54) is 0 Å². The highest BCUT2D eigenvalue weighted by molar-refractivity contribution is 6.42. The van der Waals surface area contributed by atoms with E-state index in [0.717, 1.165) is 11.3 Å². The highest BCUT2D eigenvalue weighted by Crippen LogP contribution is 2.28. The maximum absolute atomic E-state index is 13.5. The molecular weight excluding hydrogens is 505 g/mol. The summed E-state index contributed by atoms with van der Waals surface area (Å²) in [7, 11) is 0. The van der Waals surface area contributed by atoms with Crippen molar-refractivity contribution in [1.29, 1.82) is 0 Å². The van der Waals surface area contributed by atoms with Crippen LogP contribution in [-0.4, -0.2) is 49.4 Å². The van der Waals surface area contributed by atoms with Gasteiger partial charge in [0.15, 0.2) is 0 Å². The van der Waals surface area contributed by atoms with Crippen LogP contribution in [0.2, 0.25) is 15.1 Å². The first-order chi connectivity index (χ1) is 16.9. The molecule has 0 bridgehead atoms. The monoisotopic (exact) mass is 529 g/mol. The lowest BCUT2D eigenvalue weighted by Gasteiger charge is -2.37. The molecule has 4 rings (SSSR count). The quantitative estimate of drug-likeness (QED) is 0.434. The molecule has 1 saturated heterocycles. The Morgan fingerprint density at radius 3 is 2.17 bits per heavy atom. The first-order valence-electron chi connectivity index (χ1n) is 11.5. The summed E-state index contributed by atoms with van der Waals surface area (Å²) >= 11 is 18.2. The van der Waals surface area contributed by atoms with Gasteiger partial charge in [0.2, 0.25) is 5.91 Å². The third-order valence-electron chi connectivity index (χ3n) is 6.15. The summed E-state index contributed by atoms with van der Waals surface area (Å²) in [6, 6.07) is 22.2. The third kappa shape index (κ3) is 6.69. The van der Waals surface area contributed by atoms with E-state index in [-0.39, 0.29) is 24.3 Å². The molecule has 2 amide bonds. The number of benzene rings is 3. The predicted octanol–water partition coefficient (Wildman–Crippen LogP) is 5.58. The molecule has 1 fully saturated rings. The number of piperazine rings is 1. The summed E-state index contributed by atoms with van der Waals surface area (Å²) in [4.78, 5) is 30.3. The predicted molar refractivity (Wildman–Crippen MR) is 143 cm³/mol. The van der Waals surface area contributed by atoms with Gasteiger partial charge in [-0.15, -0.1) is 0 Å². The summed E-state index contributed by atoms with van der Waals surface area (Å²) in [6.07, 6.45) is 0.549. The first-order valence-corrected chi connectivity index (χ1v) is 12.6. The molecule has 1 aliphatic heterocycles. The van der Waals surface area contributed by atoms with Gasteiger partial charge >= 0.3 is 0 Å². The van der Waals surface area contributed by atoms with E-state index in [2.05, 4.69) is 10.2 Å². The SMILES string of the molecule is O=C(NCC(Cc1ccccc1)C(=O)N1CCN(c2ccc(Cl)c(Cl)c2)CC1)c1ccc(Cl)cc1. The molecule has 0 aliphatic carbocycles. The minimum atomic E-state index is -0.370. The molecule has 1 heterocycles. The number of carbonyl (C=O) groups excluding carboxylic acids is 2. The summed E-state index contributed by atoms with van der Waals surface area (Å²) in [5.74, 6) is -0.554. The zero-order valence-corrected chi connectivity index (χ0v) is 21.4. The number of hydrogen-bond donors (Lipinski definition) is 1. The van der Waals surface area contributed by atoms with Crippen LogP contribution in [0.5, 0.6) is 0 Å². The van der Waals surface area contributed by atoms with Crippen LogP contribution in [0.4, 0.5) is 5.69 Å². The number of rotatable bonds is 7. The van der Waals surface area contributed by atoms with Gasteiger partial charge in [0.05, 0.1) is 16.0 Å². The number of halogens is 3. The van der Waals surface area contributed by atoms with Gasteiger partial charge in [-0.05, 0) is 54.4 Å². The number of nitrogens with zero attached hydrogens (tertiary/aromatic N) is 2. The molecule has 1 atom stereocenters. The Labute approximate surface area is 220 Å². The van der Waals surface area contributed by atoms with Crippen molar-refractivity contribution in [3.63, 3.8) is 0 Å². The van der Waals surface area contributed by atoms with E-state index in [9.17, 15) is 9.59 Å². The second kappa shape index (κ2) is 11.8. The molecule has 0 spiro atoms. The number of amides is 2. The average Bonchev–Trinajstić information content (AvgIpc) is 2.88. The Kier molecular flexibility index (Phi) is 8.55. The Balaban J connectivity index is 1.41. The topological polar surface area (TPSA) is 52.7 Å². The van der Waals surface area contributed by atoms with Crippen molar-refractivity contribution >= 4 is 52.3 Å². The molecule has 8 heteroatoms. The molecule has 0 aromatic heterocycles. The van der Waals surface area contributed by atoms with E-state index in [4.69, 9.17) is 34.8 Å². The van der Waals surface area contributed by atoms with Gasteiger partial charge in [-0.2, -0.15) is 0 Å². The highest BCUT2D eigenvalue weighted by atomic mass is 35.5. The second-order valence-electron chi connectivity index (χ2n) is 8.51. The summed E-state index contributed by atoms with van der Waals surface area (Å²) in [5.41, 5.74) is 2.55. The van der Waals surface area contributed by atoms with Crippen molar-refractivity contribution in [2.24, 2.45) is 5.92 Å². The molecule has 5 nitrogen and oxygen atoms in total. The van der Waals surface area contributed by atoms with Crippen LogP contribution in [0.3, 0.4) is 0 Å². The van der Waals surface area contributed by atoms with Crippen LogP contribution in [0.25, 0.3) is 0 Å². The van der Waals surface area contributed by atoms with Gasteiger partial charge in [0.1, 0.15) is 0 Å². The normalized spacial score (nSPS) is 14.5. The Hall–Kier alpha value is -2.73. The van der Waals surface area contributed by atoms with Crippen molar-refractivity contribution in [2.75, 3.05) is 37.6 Å². The largest absolute Gasteiger partial charge is 0.368 e. The summed E-state index contributed by atoms with van der Waals surface area (Å²) < 4.78 is 0. The number of nitrogens with one attached hydrogen (secondary N) is 1. The lowest BCUT2D eigenvalue weighted by atomic mass is 9.97. The van der Waals surface area contributed by atoms with Gasteiger partial charge in [-0.1, -0.05) is 65.1 Å². The molecule has 1 N–H and O–H groups in total. The van der Waals surface area contributed by atoms with Crippen LogP contribution < -0.4 is 10.2 Å². The van der Waals surface area contributed by atoms with Crippen molar-refractivity contribution < 1.29 is 9.59 Å². The van der Waals surface area contributed by atoms with Crippen LogP contribution in [0, 0.1) is 5.92 Å². The molecular formula is C27H26Cl3N3O2. The van der Waals surface area contributed by atoms with Gasteiger partial charge in [0, 0.05) is 49.0 Å². The Morgan fingerprint density at radius 2 is 1.51 bits per heavy atom. The lowest BCUT2D eigenvalue weighted by Crippen LogP contribution is -2.52. The minimum absolute atomic E-state index is 0.0408. The van der Waals surface area contributed by atoms with E-state index in [1.54, 1.807) is 30.3 Å². The third-order valence-corrected chi connectivity index (χ3v) is 7.14. The maximum Gasteiger partial charge on any atom is 0.251 e. The first kappa shape index (κ1) is 25.4. The fraction of sp³-hybridized carbons (Fsp3) is 0.259. The zero-order valence-electron chi connectivity index (χ0n) is 19.1. The molecule has 0 radical (unpaired) electrons. The summed E-state index contributed by atoms with van der Waals surface area (Å²) in [6.45, 7) is 2.82. The number of hydrogen-bond acceptors (Lipinski definition) is 3. The molecule has 182 valence electrons. The van der Waals surface area contributed by atoms with Crippen LogP contribution >= 0.6 is 34.8 Å². The molecule has 1 aliphatic rings. The Morgan fingerprint density at radius 1 is 0.829 bits per heavy atom. The van der Waals surface area contributed by atoms with E-state index in [1.807, 2.05) is 47.4 Å². The van der Waals surface area contributed by atoms with E-state index < -0.39 is 0 Å². The lowest BCUT2D eigenvalue weighted by molar-refractivity contribution is -0.135. The molecule has 1 unspecified atom stereocenters. The summed E-state index contributed by atoms with van der Waals surface area (Å²) in [5, 5.41) is 4.54. The van der Waals surface area contributed by atoms with E-state index >= 15 is 0 Å². The fourth-order valence-corrected chi connectivity index (χ4v) is 4.61. The van der Waals surface area contributed by atoms with Crippen molar-refractivity contribution in [3.8, 4) is 0 Å². The van der Waals surface area contributed by atoms with Crippen molar-refractivity contribution in [2.45, 2.75) is 6.42 Å². The maximum atomic E-state index is 13.5. The molecule has 0 saturated carbocycles. The molecule has 3 aromatic carbocycles. The Bertz CT molecular complexity index is 1160. The van der Waals surface area contributed by atoms with Crippen LogP contribution in [0.15, 0.2) is 72.8 Å². The number of anilines is 1. The molecule has 3 aromatic rings. The standard InChI is InChI=1S/C27H26Cl3N3O2/c28-22-8-6-20(7-9-22)26(34)31-18-21(16-19-4-2-1-3-5-19)27(35)33-14-12-32(13-15-33)23-10-11-24(29)25(30)17-23/h1-11,17,21H,12-16,18H2,(H,31,34). The van der Waals surface area contributed by atoms with Gasteiger partial charge in [-0.3, -0.25) is 9.59 Å². The smallest absolute Gasteiger partial charge is 0.251 e. The van der Waals surface area contributed by atoms with Crippen molar-refractivity contribution in [3.05, 3.63) is 99.0 Å². The fourth-order valence-electron chi connectivity index (χ4n) is 4.19. The van der Waals surface area contributed by atoms with Crippen LogP contribution in [0.1, 0.15) is 15.9 Å². The van der Waals surface area contributed by atoms with Crippen molar-refractivity contribution in [1.82, 2.24) is 10.2 Å². The van der Waals surface area contributed by atoms with Gasteiger partial charge < -0.3 is 15.1 Å². The van der Waals surface area contributed by atoms with Crippen LogP contribution in [-0.2, 0) is 11.2 Å². The van der Waals surface area contributed by atoms with Gasteiger partial charge in [-0.25, -0.2) is 0 Å². The second-order valence-corrected chi connectivity index (χ2v) is 9.77.